The fourth-order valence-electron chi connectivity index (χ4n) is 0.530. The predicted octanol–water partition coefficient (Wildman–Crippen LogP) is 0.467. The second kappa shape index (κ2) is 6.48. The Morgan fingerprint density at radius 3 is 2.82 bits per heavy atom. The van der Waals surface area contributed by atoms with E-state index in [4.69, 9.17) is 9.66 Å². The fourth-order valence-corrected chi connectivity index (χ4v) is 0.804. The second-order valence-corrected chi connectivity index (χ2v) is 2.69. The Kier molecular flexibility index (Phi) is 6.34. The Labute approximate surface area is 68.4 Å². The predicted molar refractivity (Wildman–Crippen MR) is 42.2 cm³/mol. The third-order valence-electron chi connectivity index (χ3n) is 1.07. The average molecular weight is 180 g/mol. The lowest BCUT2D eigenvalue weighted by atomic mass is 10.2. The van der Waals surface area contributed by atoms with Gasteiger partial charge in [-0.3, -0.25) is 8.74 Å². The molecule has 0 bridgehead atoms. The molecule has 0 aromatic heterocycles. The smallest absolute Gasteiger partial charge is 0.301 e. The molecule has 0 heterocycles. The summed E-state index contributed by atoms with van der Waals surface area (Å²) in [5.41, 5.74) is 0. The molecule has 0 fully saturated rings. The van der Waals surface area contributed by atoms with Crippen molar-refractivity contribution in [3.8, 4) is 0 Å². The van der Waals surface area contributed by atoms with Gasteiger partial charge in [0, 0.05) is 0 Å². The highest BCUT2D eigenvalue weighted by Crippen LogP contribution is 1.98. The molecular weight excluding hydrogens is 168 g/mol. The molecule has 0 aliphatic carbocycles. The number of rotatable bonds is 6. The first-order chi connectivity index (χ1) is 5.16. The molecule has 0 aromatic carbocycles. The average Bonchev–Trinajstić information content (AvgIpc) is 1.97. The largest absolute Gasteiger partial charge is 0.391 e. The molecule has 2 unspecified atom stereocenters. The van der Waals surface area contributed by atoms with Crippen molar-refractivity contribution in [1.82, 2.24) is 0 Å². The van der Waals surface area contributed by atoms with E-state index in [2.05, 4.69) is 10.8 Å². The third kappa shape index (κ3) is 7.67. The molecule has 0 saturated heterocycles. The molecule has 0 aliphatic heterocycles. The summed E-state index contributed by atoms with van der Waals surface area (Å²) in [4.78, 5) is 0. The van der Waals surface area contributed by atoms with Crippen molar-refractivity contribution in [3.63, 3.8) is 0 Å². The summed E-state index contributed by atoms with van der Waals surface area (Å²) in [6.07, 6.45) is 2.15. The summed E-state index contributed by atoms with van der Waals surface area (Å²) in [6, 6.07) is 0. The summed E-state index contributed by atoms with van der Waals surface area (Å²) in [7, 11) is 0. The number of aliphatic hydroxyl groups excluding tert-OH is 1. The van der Waals surface area contributed by atoms with Crippen LogP contribution in [0.25, 0.3) is 0 Å². The summed E-state index contributed by atoms with van der Waals surface area (Å²) >= 11 is -2.28. The van der Waals surface area contributed by atoms with Crippen LogP contribution in [0.5, 0.6) is 0 Å². The number of hydrogen-bond acceptors (Lipinski definition) is 3. The lowest BCUT2D eigenvalue weighted by Gasteiger charge is -2.06. The molecule has 0 aliphatic rings. The standard InChI is InChI=1S/C6H12O4S/c1-2-3-4-6(7)5-10-11(8)9/h2,6-7H,1,3-5H2,(H,8,9). The maximum atomic E-state index is 9.94. The van der Waals surface area contributed by atoms with Crippen LogP contribution in [0.1, 0.15) is 12.8 Å². The van der Waals surface area contributed by atoms with Crippen LogP contribution in [0.3, 0.4) is 0 Å². The van der Waals surface area contributed by atoms with Crippen LogP contribution in [-0.4, -0.2) is 26.6 Å². The van der Waals surface area contributed by atoms with Crippen molar-refractivity contribution >= 4 is 11.4 Å². The number of allylic oxidation sites excluding steroid dienone is 1. The van der Waals surface area contributed by atoms with Crippen molar-refractivity contribution in [2.45, 2.75) is 18.9 Å². The normalized spacial score (nSPS) is 15.8. The summed E-state index contributed by atoms with van der Waals surface area (Å²) in [6.45, 7) is 3.35. The van der Waals surface area contributed by atoms with E-state index in [-0.39, 0.29) is 6.61 Å². The molecule has 11 heavy (non-hydrogen) atoms. The van der Waals surface area contributed by atoms with Crippen molar-refractivity contribution in [2.75, 3.05) is 6.61 Å². The molecule has 0 spiro atoms. The highest BCUT2D eigenvalue weighted by atomic mass is 32.2. The van der Waals surface area contributed by atoms with Gasteiger partial charge in [-0.15, -0.1) is 6.58 Å². The minimum atomic E-state index is -2.28. The number of hydrogen-bond donors (Lipinski definition) is 2. The van der Waals surface area contributed by atoms with Crippen LogP contribution >= 0.6 is 0 Å². The number of aliphatic hydroxyl groups is 1. The maximum Gasteiger partial charge on any atom is 0.301 e. The SMILES string of the molecule is C=CCCC(O)COS(=O)O. The van der Waals surface area contributed by atoms with Crippen LogP contribution in [-0.2, 0) is 15.5 Å². The monoisotopic (exact) mass is 180 g/mol. The van der Waals surface area contributed by atoms with E-state index in [9.17, 15) is 4.21 Å². The topological polar surface area (TPSA) is 66.8 Å². The van der Waals surface area contributed by atoms with Crippen molar-refractivity contribution < 1.29 is 18.1 Å². The Morgan fingerprint density at radius 2 is 2.36 bits per heavy atom. The first-order valence-corrected chi connectivity index (χ1v) is 4.23. The first kappa shape index (κ1) is 10.8. The molecule has 5 heteroatoms. The van der Waals surface area contributed by atoms with Gasteiger partial charge in [-0.25, -0.2) is 0 Å². The van der Waals surface area contributed by atoms with Gasteiger partial charge in [-0.1, -0.05) is 6.08 Å². The minimum Gasteiger partial charge on any atom is -0.391 e. The van der Waals surface area contributed by atoms with Gasteiger partial charge in [0.15, 0.2) is 0 Å². The summed E-state index contributed by atoms with van der Waals surface area (Å²) in [5, 5.41) is 9.01. The molecular formula is C6H12O4S. The van der Waals surface area contributed by atoms with E-state index in [1.165, 1.54) is 0 Å². The highest BCUT2D eigenvalue weighted by Gasteiger charge is 2.04. The third-order valence-corrected chi connectivity index (χ3v) is 1.40. The van der Waals surface area contributed by atoms with Gasteiger partial charge in [0.25, 0.3) is 0 Å². The van der Waals surface area contributed by atoms with Crippen LogP contribution in [0.15, 0.2) is 12.7 Å². The van der Waals surface area contributed by atoms with Crippen LogP contribution < -0.4 is 0 Å². The van der Waals surface area contributed by atoms with E-state index < -0.39 is 17.5 Å². The molecule has 66 valence electrons. The second-order valence-electron chi connectivity index (χ2n) is 2.02. The van der Waals surface area contributed by atoms with Gasteiger partial charge in [-0.05, 0) is 12.8 Å². The molecule has 2 N–H and O–H groups in total. The zero-order valence-electron chi connectivity index (χ0n) is 6.10. The lowest BCUT2D eigenvalue weighted by molar-refractivity contribution is 0.103. The quantitative estimate of drug-likeness (QED) is 0.460. The van der Waals surface area contributed by atoms with Crippen LogP contribution in [0.4, 0.5) is 0 Å². The van der Waals surface area contributed by atoms with E-state index in [1.54, 1.807) is 6.08 Å². The lowest BCUT2D eigenvalue weighted by Crippen LogP contribution is -2.15. The van der Waals surface area contributed by atoms with Crippen molar-refractivity contribution in [2.24, 2.45) is 0 Å². The molecule has 0 aromatic rings. The van der Waals surface area contributed by atoms with Crippen LogP contribution in [0.2, 0.25) is 0 Å². The van der Waals surface area contributed by atoms with Gasteiger partial charge < -0.3 is 5.11 Å². The Hall–Kier alpha value is -0.230. The summed E-state index contributed by atoms with van der Waals surface area (Å²) in [5.74, 6) is 0. The van der Waals surface area contributed by atoms with E-state index in [0.717, 1.165) is 0 Å². The first-order valence-electron chi connectivity index (χ1n) is 3.20. The van der Waals surface area contributed by atoms with Crippen molar-refractivity contribution in [3.05, 3.63) is 12.7 Å². The zero-order valence-corrected chi connectivity index (χ0v) is 6.92. The highest BCUT2D eigenvalue weighted by molar-refractivity contribution is 7.74. The fraction of sp³-hybridized carbons (Fsp3) is 0.667. The van der Waals surface area contributed by atoms with E-state index in [0.29, 0.717) is 12.8 Å². The minimum absolute atomic E-state index is 0.114. The molecule has 0 saturated carbocycles. The van der Waals surface area contributed by atoms with Gasteiger partial charge in [0.2, 0.25) is 0 Å². The summed E-state index contributed by atoms with van der Waals surface area (Å²) < 4.78 is 22.3. The Bertz CT molecular complexity index is 137. The van der Waals surface area contributed by atoms with E-state index in [1.807, 2.05) is 0 Å². The van der Waals surface area contributed by atoms with Crippen LogP contribution in [0, 0.1) is 0 Å². The van der Waals surface area contributed by atoms with Crippen molar-refractivity contribution in [1.29, 1.82) is 0 Å². The van der Waals surface area contributed by atoms with Gasteiger partial charge in [0.1, 0.15) is 0 Å². The molecule has 0 radical (unpaired) electrons. The zero-order chi connectivity index (χ0) is 8.69. The molecule has 4 nitrogen and oxygen atoms in total. The maximum absolute atomic E-state index is 9.94. The van der Waals surface area contributed by atoms with E-state index >= 15 is 0 Å². The molecule has 0 rings (SSSR count). The molecule has 2 atom stereocenters. The Morgan fingerprint density at radius 1 is 1.73 bits per heavy atom. The van der Waals surface area contributed by atoms with Gasteiger partial charge in [-0.2, -0.15) is 4.21 Å². The van der Waals surface area contributed by atoms with Gasteiger partial charge in [0.05, 0.1) is 12.7 Å². The molecule has 0 amide bonds. The van der Waals surface area contributed by atoms with Gasteiger partial charge >= 0.3 is 11.4 Å². The Balaban J connectivity index is 3.28.